The molecule has 2 heterocycles. The summed E-state index contributed by atoms with van der Waals surface area (Å²) >= 11 is 0. The van der Waals surface area contributed by atoms with Crippen LogP contribution in [0.15, 0.2) is 6.07 Å². The number of carbonyl (C=O) groups excluding carboxylic acids is 1. The maximum absolute atomic E-state index is 12.0. The molecule has 0 bridgehead atoms. The number of aryl methyl sites for hydroxylation is 1. The van der Waals surface area contributed by atoms with E-state index >= 15 is 0 Å². The van der Waals surface area contributed by atoms with Gasteiger partial charge in [0.05, 0.1) is 6.26 Å². The molecule has 1 fully saturated rings. The van der Waals surface area contributed by atoms with Gasteiger partial charge in [-0.3, -0.25) is 14.8 Å². The zero-order valence-electron chi connectivity index (χ0n) is 13.7. The van der Waals surface area contributed by atoms with Crippen molar-refractivity contribution in [3.63, 3.8) is 0 Å². The lowest BCUT2D eigenvalue weighted by Gasteiger charge is -2.33. The summed E-state index contributed by atoms with van der Waals surface area (Å²) in [5.74, 6) is -0.182. The molecule has 2 rings (SSSR count). The van der Waals surface area contributed by atoms with Crippen LogP contribution in [-0.4, -0.2) is 79.3 Å². The van der Waals surface area contributed by atoms with Crippen LogP contribution in [0.5, 0.6) is 0 Å². The topological polar surface area (TPSA) is 98.4 Å². The van der Waals surface area contributed by atoms with E-state index < -0.39 is 10.0 Å². The lowest BCUT2D eigenvalue weighted by Crippen LogP contribution is -2.49. The van der Waals surface area contributed by atoms with E-state index in [2.05, 4.69) is 27.3 Å². The predicted molar refractivity (Wildman–Crippen MR) is 87.8 cm³/mol. The maximum Gasteiger partial charge on any atom is 0.271 e. The average molecular weight is 343 g/mol. The smallest absolute Gasteiger partial charge is 0.271 e. The largest absolute Gasteiger partial charge is 0.349 e. The first-order chi connectivity index (χ1) is 10.9. The van der Waals surface area contributed by atoms with Crippen molar-refractivity contribution in [2.45, 2.75) is 19.8 Å². The standard InChI is InChI=1S/C14H25N5O3S/c1-3-4-12-11-13(17-16-12)14(20)15-5-6-18-7-9-19(10-8-18)23(2,21)22/h11H,3-10H2,1-2H3,(H,15,20)(H,16,17). The summed E-state index contributed by atoms with van der Waals surface area (Å²) in [6, 6.07) is 1.78. The van der Waals surface area contributed by atoms with Gasteiger partial charge in [-0.2, -0.15) is 9.40 Å². The van der Waals surface area contributed by atoms with Gasteiger partial charge in [0.15, 0.2) is 0 Å². The number of hydrogen-bond donors (Lipinski definition) is 2. The molecular formula is C14H25N5O3S. The SMILES string of the molecule is CCCc1cc(C(=O)NCCN2CCN(S(C)(=O)=O)CC2)n[nH]1. The number of carbonyl (C=O) groups is 1. The highest BCUT2D eigenvalue weighted by atomic mass is 32.2. The molecular weight excluding hydrogens is 318 g/mol. The number of aromatic amines is 1. The van der Waals surface area contributed by atoms with Gasteiger partial charge in [0, 0.05) is 45.0 Å². The van der Waals surface area contributed by atoms with Gasteiger partial charge in [-0.05, 0) is 12.5 Å². The fourth-order valence-electron chi connectivity index (χ4n) is 2.58. The molecule has 1 aliphatic rings. The minimum atomic E-state index is -3.10. The Morgan fingerprint density at radius 2 is 2.04 bits per heavy atom. The normalized spacial score (nSPS) is 17.3. The van der Waals surface area contributed by atoms with Crippen LogP contribution < -0.4 is 5.32 Å². The lowest BCUT2D eigenvalue weighted by atomic mass is 10.2. The van der Waals surface area contributed by atoms with E-state index in [0.717, 1.165) is 18.5 Å². The molecule has 0 atom stereocenters. The number of piperazine rings is 1. The zero-order chi connectivity index (χ0) is 16.9. The Balaban J connectivity index is 1.70. The van der Waals surface area contributed by atoms with Crippen LogP contribution in [0.2, 0.25) is 0 Å². The molecule has 1 amide bonds. The number of H-pyrrole nitrogens is 1. The number of aromatic nitrogens is 2. The van der Waals surface area contributed by atoms with E-state index in [4.69, 9.17) is 0 Å². The van der Waals surface area contributed by atoms with Crippen molar-refractivity contribution in [3.05, 3.63) is 17.5 Å². The van der Waals surface area contributed by atoms with Gasteiger partial charge >= 0.3 is 0 Å². The predicted octanol–water partition coefficient (Wildman–Crippen LogP) is -0.331. The van der Waals surface area contributed by atoms with Gasteiger partial charge in [0.2, 0.25) is 10.0 Å². The van der Waals surface area contributed by atoms with E-state index in [9.17, 15) is 13.2 Å². The van der Waals surface area contributed by atoms with Crippen LogP contribution in [0.25, 0.3) is 0 Å². The second-order valence-electron chi connectivity index (χ2n) is 5.79. The third-order valence-corrected chi connectivity index (χ3v) is 5.20. The van der Waals surface area contributed by atoms with Gasteiger partial charge in [-0.1, -0.05) is 13.3 Å². The molecule has 0 aromatic carbocycles. The van der Waals surface area contributed by atoms with E-state index in [1.54, 1.807) is 6.07 Å². The number of amides is 1. The molecule has 1 aliphatic heterocycles. The van der Waals surface area contributed by atoms with Crippen molar-refractivity contribution in [2.24, 2.45) is 0 Å². The number of nitrogens with one attached hydrogen (secondary N) is 2. The van der Waals surface area contributed by atoms with E-state index in [1.165, 1.54) is 10.6 Å². The number of nitrogens with zero attached hydrogens (tertiary/aromatic N) is 3. The third-order valence-electron chi connectivity index (χ3n) is 3.90. The van der Waals surface area contributed by atoms with Gasteiger partial charge < -0.3 is 5.32 Å². The second-order valence-corrected chi connectivity index (χ2v) is 7.77. The fourth-order valence-corrected chi connectivity index (χ4v) is 3.40. The van der Waals surface area contributed by atoms with Crippen molar-refractivity contribution >= 4 is 15.9 Å². The van der Waals surface area contributed by atoms with E-state index in [1.807, 2.05) is 0 Å². The van der Waals surface area contributed by atoms with Crippen LogP contribution in [0.3, 0.4) is 0 Å². The van der Waals surface area contributed by atoms with Crippen molar-refractivity contribution < 1.29 is 13.2 Å². The highest BCUT2D eigenvalue weighted by Gasteiger charge is 2.23. The molecule has 23 heavy (non-hydrogen) atoms. The average Bonchev–Trinajstić information content (AvgIpc) is 2.96. The lowest BCUT2D eigenvalue weighted by molar-refractivity contribution is 0.0940. The minimum Gasteiger partial charge on any atom is -0.349 e. The molecule has 0 aliphatic carbocycles. The first-order valence-electron chi connectivity index (χ1n) is 7.90. The Morgan fingerprint density at radius 3 is 2.65 bits per heavy atom. The van der Waals surface area contributed by atoms with Gasteiger partial charge in [0.1, 0.15) is 5.69 Å². The van der Waals surface area contributed by atoms with Crippen LogP contribution in [0.1, 0.15) is 29.5 Å². The van der Waals surface area contributed by atoms with Crippen LogP contribution in [0.4, 0.5) is 0 Å². The molecule has 8 nitrogen and oxygen atoms in total. The molecule has 0 saturated carbocycles. The summed E-state index contributed by atoms with van der Waals surface area (Å²) in [5.41, 5.74) is 1.38. The van der Waals surface area contributed by atoms with Crippen LogP contribution >= 0.6 is 0 Å². The first kappa shape index (κ1) is 17.9. The molecule has 130 valence electrons. The number of hydrogen-bond acceptors (Lipinski definition) is 5. The molecule has 1 saturated heterocycles. The summed E-state index contributed by atoms with van der Waals surface area (Å²) in [5, 5.41) is 9.72. The van der Waals surface area contributed by atoms with Crippen LogP contribution in [0, 0.1) is 0 Å². The molecule has 1 aromatic rings. The summed E-state index contributed by atoms with van der Waals surface area (Å²) in [7, 11) is -3.10. The molecule has 2 N–H and O–H groups in total. The molecule has 0 radical (unpaired) electrons. The maximum atomic E-state index is 12.0. The Bertz CT molecular complexity index is 620. The zero-order valence-corrected chi connectivity index (χ0v) is 14.5. The third kappa shape index (κ3) is 5.29. The van der Waals surface area contributed by atoms with E-state index in [0.29, 0.717) is 45.0 Å². The van der Waals surface area contributed by atoms with Crippen molar-refractivity contribution in [1.82, 2.24) is 24.7 Å². The van der Waals surface area contributed by atoms with E-state index in [-0.39, 0.29) is 5.91 Å². The molecule has 0 unspecified atom stereocenters. The first-order valence-corrected chi connectivity index (χ1v) is 9.75. The van der Waals surface area contributed by atoms with Gasteiger partial charge in [0.25, 0.3) is 5.91 Å². The Hall–Kier alpha value is -1.45. The fraction of sp³-hybridized carbons (Fsp3) is 0.714. The van der Waals surface area contributed by atoms with Crippen molar-refractivity contribution in [3.8, 4) is 0 Å². The number of rotatable bonds is 7. The molecule has 1 aromatic heterocycles. The quantitative estimate of drug-likeness (QED) is 0.706. The van der Waals surface area contributed by atoms with Crippen LogP contribution in [-0.2, 0) is 16.4 Å². The number of sulfonamides is 1. The summed E-state index contributed by atoms with van der Waals surface area (Å²) in [4.78, 5) is 14.1. The highest BCUT2D eigenvalue weighted by Crippen LogP contribution is 2.05. The van der Waals surface area contributed by atoms with Gasteiger partial charge in [-0.25, -0.2) is 8.42 Å². The monoisotopic (exact) mass is 343 g/mol. The highest BCUT2D eigenvalue weighted by molar-refractivity contribution is 7.88. The Kier molecular flexibility index (Phi) is 6.14. The summed E-state index contributed by atoms with van der Waals surface area (Å²) < 4.78 is 24.4. The molecule has 0 spiro atoms. The Morgan fingerprint density at radius 1 is 1.35 bits per heavy atom. The van der Waals surface area contributed by atoms with Crippen molar-refractivity contribution in [1.29, 1.82) is 0 Å². The van der Waals surface area contributed by atoms with Crippen molar-refractivity contribution in [2.75, 3.05) is 45.5 Å². The molecule has 9 heteroatoms. The van der Waals surface area contributed by atoms with Gasteiger partial charge in [-0.15, -0.1) is 0 Å². The Labute approximate surface area is 137 Å². The summed E-state index contributed by atoms with van der Waals surface area (Å²) in [6.45, 7) is 5.68. The summed E-state index contributed by atoms with van der Waals surface area (Å²) in [6.07, 6.45) is 3.12. The second kappa shape index (κ2) is 7.89. The minimum absolute atomic E-state index is 0.182.